The molecule has 6 nitrogen and oxygen atoms in total. The number of nitrogens with zero attached hydrogens (tertiary/aromatic N) is 1. The molecule has 1 heterocycles. The monoisotopic (exact) mass is 631 g/mol. The second-order valence-electron chi connectivity index (χ2n) is 10.2. The number of benzene rings is 3. The van der Waals surface area contributed by atoms with E-state index < -0.39 is 59.0 Å². The van der Waals surface area contributed by atoms with E-state index in [4.69, 9.17) is 9.84 Å². The van der Waals surface area contributed by atoms with Gasteiger partial charge >= 0.3 is 11.9 Å². The van der Waals surface area contributed by atoms with Gasteiger partial charge in [0.1, 0.15) is 18.1 Å². The van der Waals surface area contributed by atoms with Gasteiger partial charge in [0.2, 0.25) is 5.82 Å². The van der Waals surface area contributed by atoms with Gasteiger partial charge in [-0.2, -0.15) is 0 Å². The van der Waals surface area contributed by atoms with Crippen LogP contribution in [0.1, 0.15) is 53.6 Å². The summed E-state index contributed by atoms with van der Waals surface area (Å²) < 4.78 is 89.7. The average molecular weight is 632 g/mol. The molecule has 0 unspecified atom stereocenters. The van der Waals surface area contributed by atoms with Crippen LogP contribution >= 0.6 is 0 Å². The number of hydrogen-bond donors (Lipinski definition) is 2. The zero-order valence-electron chi connectivity index (χ0n) is 24.0. The summed E-state index contributed by atoms with van der Waals surface area (Å²) in [5.41, 5.74) is 1.42. The molecule has 0 bridgehead atoms. The molecule has 1 aromatic heterocycles. The SMILES string of the molecule is Cc1c(CCCC(=O)O)c2c(F)ccc(C#Cc3ccc(OCCCCc4c(F)c(F)c(F)c(F)c4F)cc3)c2n1CC(=O)O. The van der Waals surface area contributed by atoms with Crippen LogP contribution in [-0.2, 0) is 29.0 Å². The predicted octanol–water partition coefficient (Wildman–Crippen LogP) is 7.08. The number of ether oxygens (including phenoxy) is 1. The summed E-state index contributed by atoms with van der Waals surface area (Å²) in [7, 11) is 0. The molecule has 0 fully saturated rings. The number of carbonyl (C=O) groups is 2. The number of carboxylic acid groups (broad SMARTS) is 2. The lowest BCUT2D eigenvalue weighted by atomic mass is 10.0. The van der Waals surface area contributed by atoms with E-state index in [9.17, 15) is 36.6 Å². The molecule has 12 heteroatoms. The zero-order valence-corrected chi connectivity index (χ0v) is 24.0. The van der Waals surface area contributed by atoms with Crippen LogP contribution < -0.4 is 4.74 Å². The smallest absolute Gasteiger partial charge is 0.323 e. The van der Waals surface area contributed by atoms with Gasteiger partial charge < -0.3 is 19.5 Å². The standard InChI is InChI=1S/C33H27F6NO5/c1-18-22(6-4-7-25(41)42)27-24(34)15-12-20(33(27)40(18)17-26(43)44)11-8-19-9-13-21(14-10-19)45-16-3-2-5-23-28(35)30(37)32(39)31(38)29(23)36/h9-10,12-15H,2-7,16-17H2,1H3,(H,41,42)(H,43,44). The summed E-state index contributed by atoms with van der Waals surface area (Å²) in [5, 5.41) is 18.7. The van der Waals surface area contributed by atoms with Crippen molar-refractivity contribution in [2.24, 2.45) is 0 Å². The summed E-state index contributed by atoms with van der Waals surface area (Å²) in [6, 6.07) is 9.22. The molecule has 0 atom stereocenters. The first-order valence-corrected chi connectivity index (χ1v) is 13.9. The molecule has 0 aliphatic heterocycles. The van der Waals surface area contributed by atoms with Crippen LogP contribution in [0.4, 0.5) is 26.3 Å². The van der Waals surface area contributed by atoms with Gasteiger partial charge in [-0.3, -0.25) is 9.59 Å². The van der Waals surface area contributed by atoms with Gasteiger partial charge in [-0.1, -0.05) is 11.8 Å². The Morgan fingerprint density at radius 3 is 2.00 bits per heavy atom. The Kier molecular flexibility index (Phi) is 10.4. The number of unbranched alkanes of at least 4 members (excludes halogenated alkanes) is 1. The Bertz CT molecular complexity index is 1790. The van der Waals surface area contributed by atoms with E-state index in [0.717, 1.165) is 0 Å². The number of aryl methyl sites for hydroxylation is 1. The van der Waals surface area contributed by atoms with Crippen molar-refractivity contribution in [3.05, 3.63) is 99.2 Å². The zero-order chi connectivity index (χ0) is 32.8. The first-order chi connectivity index (χ1) is 21.4. The molecule has 0 aliphatic carbocycles. The molecule has 0 saturated heterocycles. The van der Waals surface area contributed by atoms with Gasteiger partial charge in [0.15, 0.2) is 23.3 Å². The van der Waals surface area contributed by atoms with Crippen LogP contribution in [0.2, 0.25) is 0 Å². The minimum absolute atomic E-state index is 0.110. The summed E-state index contributed by atoms with van der Waals surface area (Å²) in [5.74, 6) is -6.15. The number of rotatable bonds is 12. The Morgan fingerprint density at radius 1 is 0.756 bits per heavy atom. The maximum atomic E-state index is 15.1. The molecule has 4 rings (SSSR count). The van der Waals surface area contributed by atoms with Crippen molar-refractivity contribution in [1.29, 1.82) is 0 Å². The fourth-order valence-corrected chi connectivity index (χ4v) is 5.04. The lowest BCUT2D eigenvalue weighted by Crippen LogP contribution is -2.11. The number of hydrogen-bond acceptors (Lipinski definition) is 3. The second-order valence-corrected chi connectivity index (χ2v) is 10.2. The Balaban J connectivity index is 1.46. The van der Waals surface area contributed by atoms with E-state index in [0.29, 0.717) is 33.7 Å². The van der Waals surface area contributed by atoms with Gasteiger partial charge in [-0.05, 0) is 81.0 Å². The highest BCUT2D eigenvalue weighted by molar-refractivity contribution is 5.92. The Morgan fingerprint density at radius 2 is 1.38 bits per heavy atom. The highest BCUT2D eigenvalue weighted by Gasteiger charge is 2.25. The van der Waals surface area contributed by atoms with Gasteiger partial charge in [0.05, 0.1) is 12.1 Å². The Labute approximate surface area is 253 Å². The minimum atomic E-state index is -2.20. The Hall–Kier alpha value is -4.92. The van der Waals surface area contributed by atoms with Crippen LogP contribution in [0, 0.1) is 53.7 Å². The molecule has 0 spiro atoms. The molecule has 2 N–H and O–H groups in total. The number of halogens is 6. The number of aliphatic carboxylic acids is 2. The maximum absolute atomic E-state index is 15.1. The lowest BCUT2D eigenvalue weighted by molar-refractivity contribution is -0.138. The van der Waals surface area contributed by atoms with Crippen LogP contribution in [0.25, 0.3) is 10.9 Å². The number of fused-ring (bicyclic) bond motifs is 1. The topological polar surface area (TPSA) is 88.8 Å². The van der Waals surface area contributed by atoms with E-state index >= 15 is 4.39 Å². The van der Waals surface area contributed by atoms with E-state index in [2.05, 4.69) is 11.8 Å². The highest BCUT2D eigenvalue weighted by Crippen LogP contribution is 2.32. The van der Waals surface area contributed by atoms with E-state index in [1.54, 1.807) is 31.2 Å². The van der Waals surface area contributed by atoms with Crippen LogP contribution in [0.15, 0.2) is 36.4 Å². The molecule has 4 aromatic rings. The van der Waals surface area contributed by atoms with Crippen LogP contribution in [0.3, 0.4) is 0 Å². The molecule has 45 heavy (non-hydrogen) atoms. The third-order valence-electron chi connectivity index (χ3n) is 7.24. The van der Waals surface area contributed by atoms with Crippen LogP contribution in [-0.4, -0.2) is 33.3 Å². The van der Waals surface area contributed by atoms with E-state index in [-0.39, 0.29) is 50.5 Å². The van der Waals surface area contributed by atoms with E-state index in [1.165, 1.54) is 16.7 Å². The number of carboxylic acids is 2. The molecular formula is C33H27F6NO5. The summed E-state index contributed by atoms with van der Waals surface area (Å²) in [6.07, 6.45) is 0.391. The molecule has 0 aliphatic rings. The molecular weight excluding hydrogens is 604 g/mol. The van der Waals surface area contributed by atoms with Crippen molar-refractivity contribution in [2.75, 3.05) is 6.61 Å². The van der Waals surface area contributed by atoms with Crippen molar-refractivity contribution in [2.45, 2.75) is 52.0 Å². The van der Waals surface area contributed by atoms with Crippen molar-refractivity contribution >= 4 is 22.8 Å². The second kappa shape index (κ2) is 14.2. The summed E-state index contributed by atoms with van der Waals surface area (Å²) in [4.78, 5) is 22.6. The van der Waals surface area contributed by atoms with Crippen molar-refractivity contribution in [3.8, 4) is 17.6 Å². The molecule has 0 amide bonds. The minimum Gasteiger partial charge on any atom is -0.494 e. The van der Waals surface area contributed by atoms with Gasteiger partial charge in [0, 0.05) is 34.2 Å². The average Bonchev–Trinajstić information content (AvgIpc) is 3.27. The molecule has 3 aromatic carbocycles. The highest BCUT2D eigenvalue weighted by atomic mass is 19.2. The van der Waals surface area contributed by atoms with Gasteiger partial charge in [-0.25, -0.2) is 26.3 Å². The third kappa shape index (κ3) is 7.42. The van der Waals surface area contributed by atoms with Crippen LogP contribution in [0.5, 0.6) is 5.75 Å². The fourth-order valence-electron chi connectivity index (χ4n) is 5.04. The first kappa shape index (κ1) is 33.0. The molecule has 236 valence electrons. The van der Waals surface area contributed by atoms with Gasteiger partial charge in [0.25, 0.3) is 0 Å². The normalized spacial score (nSPS) is 11.0. The first-order valence-electron chi connectivity index (χ1n) is 13.9. The predicted molar refractivity (Wildman–Crippen MR) is 152 cm³/mol. The lowest BCUT2D eigenvalue weighted by Gasteiger charge is -2.09. The fraction of sp³-hybridized carbons (Fsp3) is 0.273. The summed E-state index contributed by atoms with van der Waals surface area (Å²) in [6.45, 7) is 1.34. The quantitative estimate of drug-likeness (QED) is 0.0574. The maximum Gasteiger partial charge on any atom is 0.323 e. The molecule has 0 radical (unpaired) electrons. The largest absolute Gasteiger partial charge is 0.494 e. The van der Waals surface area contributed by atoms with Crippen molar-refractivity contribution < 1.29 is 50.9 Å². The van der Waals surface area contributed by atoms with E-state index in [1.807, 2.05) is 0 Å². The van der Waals surface area contributed by atoms with Crippen molar-refractivity contribution in [1.82, 2.24) is 4.57 Å². The third-order valence-corrected chi connectivity index (χ3v) is 7.24. The number of aromatic nitrogens is 1. The summed E-state index contributed by atoms with van der Waals surface area (Å²) >= 11 is 0. The van der Waals surface area contributed by atoms with Gasteiger partial charge in [-0.15, -0.1) is 0 Å². The molecule has 0 saturated carbocycles. The van der Waals surface area contributed by atoms with Crippen molar-refractivity contribution in [3.63, 3.8) is 0 Å².